The SMILES string of the molecule is Cc1cccc(-c2noc(CN3CCCC(C(=O)NCCCOC4CCCCC4)C3)n2)c1. The molecule has 1 aliphatic carbocycles. The smallest absolute Gasteiger partial charge is 0.241 e. The van der Waals surface area contributed by atoms with E-state index in [4.69, 9.17) is 9.26 Å². The summed E-state index contributed by atoms with van der Waals surface area (Å²) >= 11 is 0. The second kappa shape index (κ2) is 11.6. The zero-order chi connectivity index (χ0) is 22.2. The van der Waals surface area contributed by atoms with Gasteiger partial charge in [0.25, 0.3) is 0 Å². The lowest BCUT2D eigenvalue weighted by Crippen LogP contribution is -2.43. The predicted octanol–water partition coefficient (Wildman–Crippen LogP) is 4.11. The molecule has 1 amide bonds. The van der Waals surface area contributed by atoms with Crippen molar-refractivity contribution < 1.29 is 14.1 Å². The molecular formula is C25H36N4O3. The van der Waals surface area contributed by atoms with Crippen molar-refractivity contribution in [1.82, 2.24) is 20.4 Å². The minimum atomic E-state index is 0.0159. The molecule has 1 aliphatic heterocycles. The minimum Gasteiger partial charge on any atom is -0.378 e. The second-order valence-corrected chi connectivity index (χ2v) is 9.23. The van der Waals surface area contributed by atoms with Crippen LogP contribution in [0.5, 0.6) is 0 Å². The number of aromatic nitrogens is 2. The average Bonchev–Trinajstić information content (AvgIpc) is 3.28. The van der Waals surface area contributed by atoms with Crippen molar-refractivity contribution >= 4 is 5.91 Å². The quantitative estimate of drug-likeness (QED) is 0.591. The predicted molar refractivity (Wildman–Crippen MR) is 123 cm³/mol. The lowest BCUT2D eigenvalue weighted by atomic mass is 9.97. The number of rotatable bonds is 9. The van der Waals surface area contributed by atoms with Gasteiger partial charge < -0.3 is 14.6 Å². The molecule has 0 bridgehead atoms. The molecule has 1 saturated carbocycles. The van der Waals surface area contributed by atoms with E-state index >= 15 is 0 Å². The number of carbonyl (C=O) groups excluding carboxylic acids is 1. The summed E-state index contributed by atoms with van der Waals surface area (Å²) in [5, 5.41) is 7.24. The van der Waals surface area contributed by atoms with E-state index in [-0.39, 0.29) is 11.8 Å². The number of likely N-dealkylation sites (tertiary alicyclic amines) is 1. The summed E-state index contributed by atoms with van der Waals surface area (Å²) in [6.45, 7) is 5.73. The number of amides is 1. The molecule has 4 rings (SSSR count). The molecular weight excluding hydrogens is 404 g/mol. The number of ether oxygens (including phenoxy) is 1. The summed E-state index contributed by atoms with van der Waals surface area (Å²) in [6, 6.07) is 8.09. The third-order valence-electron chi connectivity index (χ3n) is 6.51. The van der Waals surface area contributed by atoms with Crippen LogP contribution < -0.4 is 5.32 Å². The van der Waals surface area contributed by atoms with Crippen LogP contribution in [-0.4, -0.2) is 53.3 Å². The van der Waals surface area contributed by atoms with Gasteiger partial charge in [0.1, 0.15) is 0 Å². The maximum atomic E-state index is 12.7. The summed E-state index contributed by atoms with van der Waals surface area (Å²) in [5.74, 6) is 1.38. The monoisotopic (exact) mass is 440 g/mol. The third-order valence-corrected chi connectivity index (χ3v) is 6.51. The molecule has 1 atom stereocenters. The molecule has 1 unspecified atom stereocenters. The van der Waals surface area contributed by atoms with Gasteiger partial charge in [-0.2, -0.15) is 4.98 Å². The van der Waals surface area contributed by atoms with E-state index < -0.39 is 0 Å². The first-order valence-electron chi connectivity index (χ1n) is 12.2. The molecule has 2 aromatic rings. The van der Waals surface area contributed by atoms with E-state index in [1.165, 1.54) is 37.7 Å². The molecule has 7 nitrogen and oxygen atoms in total. The average molecular weight is 441 g/mol. The molecule has 1 aromatic heterocycles. The third kappa shape index (κ3) is 6.62. The number of benzene rings is 1. The molecule has 7 heteroatoms. The van der Waals surface area contributed by atoms with Crippen LogP contribution >= 0.6 is 0 Å². The molecule has 2 aliphatic rings. The first kappa shape index (κ1) is 22.9. The van der Waals surface area contributed by atoms with Gasteiger partial charge in [-0.25, -0.2) is 0 Å². The number of nitrogens with zero attached hydrogens (tertiary/aromatic N) is 3. The number of hydrogen-bond acceptors (Lipinski definition) is 6. The summed E-state index contributed by atoms with van der Waals surface area (Å²) in [5.41, 5.74) is 2.13. The fourth-order valence-corrected chi connectivity index (χ4v) is 4.73. The standard InChI is InChI=1S/C25H36N4O3/c1-19-8-5-9-20(16-19)24-27-23(32-28-24)18-29-14-6-10-21(17-29)25(30)26-13-7-15-31-22-11-3-2-4-12-22/h5,8-9,16,21-22H,2-4,6-7,10-15,17-18H2,1H3,(H,26,30). The van der Waals surface area contributed by atoms with Crippen LogP contribution in [0.2, 0.25) is 0 Å². The molecule has 2 fully saturated rings. The van der Waals surface area contributed by atoms with Crippen LogP contribution in [-0.2, 0) is 16.1 Å². The maximum Gasteiger partial charge on any atom is 0.241 e. The molecule has 32 heavy (non-hydrogen) atoms. The van der Waals surface area contributed by atoms with Gasteiger partial charge in [0.05, 0.1) is 18.6 Å². The van der Waals surface area contributed by atoms with Crippen molar-refractivity contribution in [3.05, 3.63) is 35.7 Å². The normalized spacial score (nSPS) is 20.3. The molecule has 2 heterocycles. The number of nitrogens with one attached hydrogen (secondary N) is 1. The Morgan fingerprint density at radius 3 is 2.94 bits per heavy atom. The highest BCUT2D eigenvalue weighted by Crippen LogP contribution is 2.22. The topological polar surface area (TPSA) is 80.5 Å². The Balaban J connectivity index is 1.18. The Bertz CT molecular complexity index is 862. The van der Waals surface area contributed by atoms with E-state index in [0.29, 0.717) is 30.9 Å². The Morgan fingerprint density at radius 2 is 2.09 bits per heavy atom. The zero-order valence-electron chi connectivity index (χ0n) is 19.2. The molecule has 0 spiro atoms. The van der Waals surface area contributed by atoms with Crippen molar-refractivity contribution in [3.8, 4) is 11.4 Å². The lowest BCUT2D eigenvalue weighted by molar-refractivity contribution is -0.126. The lowest BCUT2D eigenvalue weighted by Gasteiger charge is -2.30. The second-order valence-electron chi connectivity index (χ2n) is 9.23. The van der Waals surface area contributed by atoms with Crippen LogP contribution in [0.25, 0.3) is 11.4 Å². The Kier molecular flexibility index (Phi) is 8.29. The molecule has 0 radical (unpaired) electrons. The largest absolute Gasteiger partial charge is 0.378 e. The fraction of sp³-hybridized carbons (Fsp3) is 0.640. The van der Waals surface area contributed by atoms with Gasteiger partial charge in [-0.1, -0.05) is 48.2 Å². The molecule has 174 valence electrons. The summed E-state index contributed by atoms with van der Waals surface area (Å²) in [7, 11) is 0. The van der Waals surface area contributed by atoms with Crippen molar-refractivity contribution in [2.45, 2.75) is 70.9 Å². The van der Waals surface area contributed by atoms with Crippen molar-refractivity contribution in [2.75, 3.05) is 26.2 Å². The minimum absolute atomic E-state index is 0.0159. The summed E-state index contributed by atoms with van der Waals surface area (Å²) in [6.07, 6.45) is 9.54. The maximum absolute atomic E-state index is 12.7. The van der Waals surface area contributed by atoms with Crippen LogP contribution in [0, 0.1) is 12.8 Å². The van der Waals surface area contributed by atoms with Gasteiger partial charge >= 0.3 is 0 Å². The molecule has 1 N–H and O–H groups in total. The molecule has 1 aromatic carbocycles. The van der Waals surface area contributed by atoms with E-state index in [1.54, 1.807) is 0 Å². The zero-order valence-corrected chi connectivity index (χ0v) is 19.2. The number of piperidine rings is 1. The number of aryl methyl sites for hydroxylation is 1. The van der Waals surface area contributed by atoms with Crippen molar-refractivity contribution in [1.29, 1.82) is 0 Å². The van der Waals surface area contributed by atoms with Gasteiger partial charge in [0.15, 0.2) is 0 Å². The van der Waals surface area contributed by atoms with Crippen molar-refractivity contribution in [3.63, 3.8) is 0 Å². The first-order chi connectivity index (χ1) is 15.7. The summed E-state index contributed by atoms with van der Waals surface area (Å²) < 4.78 is 11.4. The fourth-order valence-electron chi connectivity index (χ4n) is 4.73. The van der Waals surface area contributed by atoms with E-state index in [2.05, 4.69) is 26.4 Å². The van der Waals surface area contributed by atoms with Gasteiger partial charge in [-0.05, 0) is 51.6 Å². The number of carbonyl (C=O) groups is 1. The van der Waals surface area contributed by atoms with E-state index in [0.717, 1.165) is 44.5 Å². The number of hydrogen-bond donors (Lipinski definition) is 1. The van der Waals surface area contributed by atoms with Crippen LogP contribution in [0.3, 0.4) is 0 Å². The van der Waals surface area contributed by atoms with Gasteiger partial charge in [0.2, 0.25) is 17.6 Å². The Hall–Kier alpha value is -2.25. The van der Waals surface area contributed by atoms with Crippen molar-refractivity contribution in [2.24, 2.45) is 5.92 Å². The van der Waals surface area contributed by atoms with Crippen LogP contribution in [0.4, 0.5) is 0 Å². The first-order valence-corrected chi connectivity index (χ1v) is 12.2. The Morgan fingerprint density at radius 1 is 1.22 bits per heavy atom. The molecule has 1 saturated heterocycles. The van der Waals surface area contributed by atoms with Crippen LogP contribution in [0.15, 0.2) is 28.8 Å². The van der Waals surface area contributed by atoms with Gasteiger partial charge in [-0.3, -0.25) is 9.69 Å². The highest BCUT2D eigenvalue weighted by Gasteiger charge is 2.26. The van der Waals surface area contributed by atoms with Gasteiger partial charge in [-0.15, -0.1) is 0 Å². The van der Waals surface area contributed by atoms with E-state index in [1.807, 2.05) is 25.1 Å². The van der Waals surface area contributed by atoms with E-state index in [9.17, 15) is 4.79 Å². The highest BCUT2D eigenvalue weighted by molar-refractivity contribution is 5.78. The Labute approximate surface area is 190 Å². The summed E-state index contributed by atoms with van der Waals surface area (Å²) in [4.78, 5) is 19.5. The van der Waals surface area contributed by atoms with Gasteiger partial charge in [0, 0.05) is 25.3 Å². The highest BCUT2D eigenvalue weighted by atomic mass is 16.5. The van der Waals surface area contributed by atoms with Crippen LogP contribution in [0.1, 0.15) is 62.8 Å².